The minimum atomic E-state index is -0.192. The SMILES string of the molecule is CC(=O)c1cc2c(cc1NC(=O)CCc1c(C)nc3c(c(C)nn3-c3ccc(C)c(C)c3)c1C)OCO2. The van der Waals surface area contributed by atoms with Gasteiger partial charge in [-0.2, -0.15) is 5.10 Å². The highest BCUT2D eigenvalue weighted by molar-refractivity contribution is 6.04. The largest absolute Gasteiger partial charge is 0.454 e. The van der Waals surface area contributed by atoms with E-state index in [1.165, 1.54) is 18.1 Å². The maximum Gasteiger partial charge on any atom is 0.231 e. The topological polar surface area (TPSA) is 95.3 Å². The van der Waals surface area contributed by atoms with E-state index in [9.17, 15) is 9.59 Å². The molecule has 190 valence electrons. The molecule has 8 nitrogen and oxygen atoms in total. The summed E-state index contributed by atoms with van der Waals surface area (Å²) in [7, 11) is 0. The zero-order valence-corrected chi connectivity index (χ0v) is 22.0. The number of carbonyl (C=O) groups excluding carboxylic acids is 2. The summed E-state index contributed by atoms with van der Waals surface area (Å²) in [4.78, 5) is 30.0. The Kier molecular flexibility index (Phi) is 6.19. The third kappa shape index (κ3) is 4.43. The minimum Gasteiger partial charge on any atom is -0.454 e. The molecule has 8 heteroatoms. The normalized spacial score (nSPS) is 12.3. The van der Waals surface area contributed by atoms with Gasteiger partial charge >= 0.3 is 0 Å². The van der Waals surface area contributed by atoms with Gasteiger partial charge < -0.3 is 14.8 Å². The smallest absolute Gasteiger partial charge is 0.231 e. The molecular formula is C29H30N4O4. The average molecular weight is 499 g/mol. The standard InChI is InChI=1S/C29H30N4O4/c1-15-7-8-21(11-16(15)2)33-29-28(19(5)32-33)17(3)22(18(4)30-29)9-10-27(35)31-24-13-26-25(36-14-37-26)12-23(24)20(6)34/h7-8,11-13H,9-10,14H2,1-6H3,(H,31,35). The predicted octanol–water partition coefficient (Wildman–Crippen LogP) is 5.47. The Hall–Kier alpha value is -4.20. The van der Waals surface area contributed by atoms with Gasteiger partial charge in [0.2, 0.25) is 12.7 Å². The number of fused-ring (bicyclic) bond motifs is 2. The van der Waals surface area contributed by atoms with Crippen LogP contribution in [0.1, 0.15) is 57.3 Å². The lowest BCUT2D eigenvalue weighted by Gasteiger charge is -2.13. The number of hydrogen-bond donors (Lipinski definition) is 1. The number of pyridine rings is 1. The first-order chi connectivity index (χ1) is 17.6. The molecule has 0 bridgehead atoms. The molecule has 1 amide bonds. The molecule has 0 atom stereocenters. The third-order valence-corrected chi connectivity index (χ3v) is 7.08. The van der Waals surface area contributed by atoms with Gasteiger partial charge in [0.1, 0.15) is 0 Å². The highest BCUT2D eigenvalue weighted by Crippen LogP contribution is 2.37. The Morgan fingerprint density at radius 3 is 2.41 bits per heavy atom. The molecule has 2 aromatic carbocycles. The number of benzene rings is 2. The molecular weight excluding hydrogens is 468 g/mol. The molecule has 0 aliphatic carbocycles. The maximum atomic E-state index is 12.9. The van der Waals surface area contributed by atoms with Crippen LogP contribution in [-0.4, -0.2) is 33.2 Å². The lowest BCUT2D eigenvalue weighted by molar-refractivity contribution is -0.116. The molecule has 0 saturated heterocycles. The summed E-state index contributed by atoms with van der Waals surface area (Å²) in [5.74, 6) is 0.664. The Balaban J connectivity index is 1.41. The number of Topliss-reactive ketones (excluding diaryl/α,β-unsaturated/α-hetero) is 1. The van der Waals surface area contributed by atoms with Crippen LogP contribution in [-0.2, 0) is 11.2 Å². The Bertz CT molecular complexity index is 1590. The number of hydrogen-bond acceptors (Lipinski definition) is 6. The number of anilines is 1. The number of ketones is 1. The first-order valence-electron chi connectivity index (χ1n) is 12.3. The molecule has 0 spiro atoms. The fraction of sp³-hybridized carbons (Fsp3) is 0.310. The first kappa shape index (κ1) is 24.5. The summed E-state index contributed by atoms with van der Waals surface area (Å²) < 4.78 is 12.7. The molecule has 3 heterocycles. The average Bonchev–Trinajstić information content (AvgIpc) is 3.43. The van der Waals surface area contributed by atoms with Gasteiger partial charge in [0.25, 0.3) is 0 Å². The molecule has 0 fully saturated rings. The molecule has 0 saturated carbocycles. The van der Waals surface area contributed by atoms with Crippen molar-refractivity contribution in [2.75, 3.05) is 12.1 Å². The number of carbonyl (C=O) groups is 2. The highest BCUT2D eigenvalue weighted by atomic mass is 16.7. The number of nitrogens with zero attached hydrogens (tertiary/aromatic N) is 3. The number of ether oxygens (including phenoxy) is 2. The maximum absolute atomic E-state index is 12.9. The summed E-state index contributed by atoms with van der Waals surface area (Å²) in [5, 5.41) is 8.69. The molecule has 4 aromatic rings. The highest BCUT2D eigenvalue weighted by Gasteiger charge is 2.22. The summed E-state index contributed by atoms with van der Waals surface area (Å²) in [6, 6.07) is 9.54. The third-order valence-electron chi connectivity index (χ3n) is 7.08. The molecule has 1 aliphatic rings. The van der Waals surface area contributed by atoms with E-state index in [0.29, 0.717) is 29.2 Å². The van der Waals surface area contributed by atoms with Crippen LogP contribution in [0, 0.1) is 34.6 Å². The van der Waals surface area contributed by atoms with E-state index < -0.39 is 0 Å². The number of rotatable bonds is 6. The summed E-state index contributed by atoms with van der Waals surface area (Å²) in [6.45, 7) is 11.8. The van der Waals surface area contributed by atoms with Gasteiger partial charge in [-0.3, -0.25) is 9.59 Å². The van der Waals surface area contributed by atoms with E-state index >= 15 is 0 Å². The van der Waals surface area contributed by atoms with Gasteiger partial charge in [-0.25, -0.2) is 9.67 Å². The van der Waals surface area contributed by atoms with E-state index in [0.717, 1.165) is 39.2 Å². The number of nitrogens with one attached hydrogen (secondary N) is 1. The van der Waals surface area contributed by atoms with Crippen LogP contribution in [0.25, 0.3) is 16.7 Å². The quantitative estimate of drug-likeness (QED) is 0.355. The monoisotopic (exact) mass is 498 g/mol. The van der Waals surface area contributed by atoms with Crippen LogP contribution in [0.4, 0.5) is 5.69 Å². The van der Waals surface area contributed by atoms with Gasteiger partial charge in [-0.05, 0) is 88.4 Å². The molecule has 1 aliphatic heterocycles. The van der Waals surface area contributed by atoms with Gasteiger partial charge in [0.05, 0.1) is 17.1 Å². The van der Waals surface area contributed by atoms with Gasteiger partial charge in [-0.15, -0.1) is 0 Å². The van der Waals surface area contributed by atoms with Crippen molar-refractivity contribution >= 4 is 28.4 Å². The summed E-state index contributed by atoms with van der Waals surface area (Å²) in [6.07, 6.45) is 0.756. The van der Waals surface area contributed by atoms with Crippen molar-refractivity contribution in [3.05, 3.63) is 69.5 Å². The van der Waals surface area contributed by atoms with E-state index in [1.807, 2.05) is 18.5 Å². The van der Waals surface area contributed by atoms with Crippen molar-refractivity contribution < 1.29 is 19.1 Å². The lowest BCUT2D eigenvalue weighted by Crippen LogP contribution is -2.15. The molecule has 5 rings (SSSR count). The first-order valence-corrected chi connectivity index (χ1v) is 12.3. The van der Waals surface area contributed by atoms with Crippen LogP contribution in [0.5, 0.6) is 11.5 Å². The lowest BCUT2D eigenvalue weighted by atomic mass is 9.99. The Morgan fingerprint density at radius 1 is 0.973 bits per heavy atom. The van der Waals surface area contributed by atoms with Gasteiger partial charge in [0, 0.05) is 29.1 Å². The van der Waals surface area contributed by atoms with E-state index in [-0.39, 0.29) is 24.9 Å². The Morgan fingerprint density at radius 2 is 1.70 bits per heavy atom. The number of amides is 1. The fourth-order valence-electron chi connectivity index (χ4n) is 4.90. The van der Waals surface area contributed by atoms with Crippen molar-refractivity contribution in [3.63, 3.8) is 0 Å². The van der Waals surface area contributed by atoms with Crippen molar-refractivity contribution in [1.82, 2.24) is 14.8 Å². The van der Waals surface area contributed by atoms with E-state index in [1.54, 1.807) is 12.1 Å². The van der Waals surface area contributed by atoms with Crippen molar-refractivity contribution in [1.29, 1.82) is 0 Å². The van der Waals surface area contributed by atoms with Gasteiger partial charge in [-0.1, -0.05) is 6.07 Å². The second-order valence-corrected chi connectivity index (χ2v) is 9.62. The zero-order valence-electron chi connectivity index (χ0n) is 22.0. The van der Waals surface area contributed by atoms with Crippen LogP contribution in [0.3, 0.4) is 0 Å². The van der Waals surface area contributed by atoms with Crippen LogP contribution < -0.4 is 14.8 Å². The second-order valence-electron chi connectivity index (χ2n) is 9.62. The second kappa shape index (κ2) is 9.35. The predicted molar refractivity (Wildman–Crippen MR) is 142 cm³/mol. The molecule has 0 unspecified atom stereocenters. The van der Waals surface area contributed by atoms with Crippen molar-refractivity contribution in [3.8, 4) is 17.2 Å². The summed E-state index contributed by atoms with van der Waals surface area (Å²) >= 11 is 0. The van der Waals surface area contributed by atoms with Crippen molar-refractivity contribution in [2.24, 2.45) is 0 Å². The zero-order chi connectivity index (χ0) is 26.4. The van der Waals surface area contributed by atoms with Crippen LogP contribution >= 0.6 is 0 Å². The fourth-order valence-corrected chi connectivity index (χ4v) is 4.90. The van der Waals surface area contributed by atoms with E-state index in [4.69, 9.17) is 19.6 Å². The van der Waals surface area contributed by atoms with Crippen LogP contribution in [0.2, 0.25) is 0 Å². The molecule has 37 heavy (non-hydrogen) atoms. The Labute approximate surface area is 215 Å². The van der Waals surface area contributed by atoms with Crippen LogP contribution in [0.15, 0.2) is 30.3 Å². The summed E-state index contributed by atoms with van der Waals surface area (Å²) in [5.41, 5.74) is 8.92. The van der Waals surface area contributed by atoms with Gasteiger partial charge in [0.15, 0.2) is 22.9 Å². The van der Waals surface area contributed by atoms with E-state index in [2.05, 4.69) is 44.3 Å². The number of aromatic nitrogens is 3. The molecule has 2 aromatic heterocycles. The molecule has 0 radical (unpaired) electrons. The van der Waals surface area contributed by atoms with Crippen molar-refractivity contribution in [2.45, 2.75) is 54.4 Å². The molecule has 1 N–H and O–H groups in total. The number of aryl methyl sites for hydroxylation is 5. The minimum absolute atomic E-state index is 0.0949.